The number of aromatic nitrogens is 3. The number of hydrogen-bond acceptors (Lipinski definition) is 3. The highest BCUT2D eigenvalue weighted by molar-refractivity contribution is 5.85. The Balaban J connectivity index is 2.10. The lowest BCUT2D eigenvalue weighted by molar-refractivity contribution is 0.112. The van der Waals surface area contributed by atoms with Crippen LogP contribution in [0.1, 0.15) is 10.4 Å². The summed E-state index contributed by atoms with van der Waals surface area (Å²) in [4.78, 5) is 15.3. The Hall–Kier alpha value is -2.82. The summed E-state index contributed by atoms with van der Waals surface area (Å²) in [6, 6.07) is 11.3. The molecule has 2 aromatic heterocycles. The maximum Gasteiger partial charge on any atom is 0.153 e. The van der Waals surface area contributed by atoms with E-state index in [1.807, 2.05) is 6.07 Å². The summed E-state index contributed by atoms with van der Waals surface area (Å²) < 4.78 is 14.5. The van der Waals surface area contributed by atoms with Gasteiger partial charge in [-0.2, -0.15) is 5.10 Å². The van der Waals surface area contributed by atoms with Crippen molar-refractivity contribution in [3.05, 3.63) is 66.2 Å². The van der Waals surface area contributed by atoms with Crippen LogP contribution in [0.4, 0.5) is 4.39 Å². The molecular weight excluding hydrogens is 257 g/mol. The molecule has 2 heterocycles. The first-order valence-electron chi connectivity index (χ1n) is 6.00. The molecule has 0 aliphatic rings. The summed E-state index contributed by atoms with van der Waals surface area (Å²) >= 11 is 0. The Bertz CT molecular complexity index is 736. The van der Waals surface area contributed by atoms with E-state index >= 15 is 0 Å². The molecule has 20 heavy (non-hydrogen) atoms. The van der Waals surface area contributed by atoms with Gasteiger partial charge in [-0.05, 0) is 36.4 Å². The average Bonchev–Trinajstić information content (AvgIpc) is 2.93. The van der Waals surface area contributed by atoms with E-state index in [9.17, 15) is 9.18 Å². The highest BCUT2D eigenvalue weighted by atomic mass is 19.1. The molecule has 0 spiro atoms. The van der Waals surface area contributed by atoms with E-state index in [4.69, 9.17) is 0 Å². The van der Waals surface area contributed by atoms with Gasteiger partial charge in [0.2, 0.25) is 0 Å². The van der Waals surface area contributed by atoms with Crippen LogP contribution in [0.25, 0.3) is 17.1 Å². The minimum Gasteiger partial charge on any atom is -0.298 e. The van der Waals surface area contributed by atoms with Crippen molar-refractivity contribution in [1.82, 2.24) is 14.8 Å². The monoisotopic (exact) mass is 267 g/mol. The number of nitrogens with zero attached hydrogens (tertiary/aromatic N) is 3. The van der Waals surface area contributed by atoms with Crippen LogP contribution in [0.2, 0.25) is 0 Å². The number of hydrogen-bond donors (Lipinski definition) is 0. The Kier molecular flexibility index (Phi) is 3.09. The number of benzene rings is 1. The van der Waals surface area contributed by atoms with Crippen molar-refractivity contribution in [2.24, 2.45) is 0 Å². The number of halogens is 1. The molecular formula is C15H10FN3O. The van der Waals surface area contributed by atoms with Crippen LogP contribution in [0, 0.1) is 5.82 Å². The van der Waals surface area contributed by atoms with Crippen LogP contribution in [0.15, 0.2) is 54.9 Å². The fourth-order valence-electron chi connectivity index (χ4n) is 1.91. The topological polar surface area (TPSA) is 47.8 Å². The maximum atomic E-state index is 12.9. The lowest BCUT2D eigenvalue weighted by Crippen LogP contribution is -1.97. The van der Waals surface area contributed by atoms with E-state index in [0.29, 0.717) is 22.6 Å². The average molecular weight is 267 g/mol. The van der Waals surface area contributed by atoms with E-state index in [1.165, 1.54) is 16.8 Å². The summed E-state index contributed by atoms with van der Waals surface area (Å²) in [6.07, 6.45) is 3.98. The van der Waals surface area contributed by atoms with E-state index < -0.39 is 0 Å². The fourth-order valence-corrected chi connectivity index (χ4v) is 1.91. The molecule has 3 aromatic rings. The molecule has 4 nitrogen and oxygen atoms in total. The molecule has 0 atom stereocenters. The molecule has 0 unspecified atom stereocenters. The van der Waals surface area contributed by atoms with Crippen molar-refractivity contribution in [2.75, 3.05) is 0 Å². The van der Waals surface area contributed by atoms with Gasteiger partial charge in [0, 0.05) is 18.0 Å². The number of carbonyl (C=O) groups excluding carboxylic acids is 1. The molecule has 5 heteroatoms. The summed E-state index contributed by atoms with van der Waals surface area (Å²) in [5.74, 6) is 0.287. The van der Waals surface area contributed by atoms with Crippen LogP contribution < -0.4 is 0 Å². The van der Waals surface area contributed by atoms with Gasteiger partial charge in [-0.25, -0.2) is 14.1 Å². The van der Waals surface area contributed by atoms with E-state index in [2.05, 4.69) is 10.1 Å². The Labute approximate surface area is 114 Å². The van der Waals surface area contributed by atoms with Crippen molar-refractivity contribution < 1.29 is 9.18 Å². The third kappa shape index (κ3) is 2.21. The second-order valence-corrected chi connectivity index (χ2v) is 4.19. The maximum absolute atomic E-state index is 12.9. The van der Waals surface area contributed by atoms with Crippen molar-refractivity contribution in [3.8, 4) is 17.1 Å². The SMILES string of the molecule is O=Cc1cn(-c2ccccn2)nc1-c1ccc(F)cc1. The molecule has 0 saturated heterocycles. The molecule has 0 bridgehead atoms. The lowest BCUT2D eigenvalue weighted by Gasteiger charge is -1.99. The van der Waals surface area contributed by atoms with Gasteiger partial charge in [0.1, 0.15) is 11.5 Å². The second-order valence-electron chi connectivity index (χ2n) is 4.19. The Morgan fingerprint density at radius 3 is 2.55 bits per heavy atom. The fraction of sp³-hybridized carbons (Fsp3) is 0. The molecule has 0 aliphatic carbocycles. The van der Waals surface area contributed by atoms with E-state index in [-0.39, 0.29) is 5.82 Å². The predicted octanol–water partition coefficient (Wildman–Crippen LogP) is 2.89. The summed E-state index contributed by atoms with van der Waals surface area (Å²) in [5.41, 5.74) is 1.62. The smallest absolute Gasteiger partial charge is 0.153 e. The third-order valence-corrected chi connectivity index (χ3v) is 2.87. The van der Waals surface area contributed by atoms with Gasteiger partial charge < -0.3 is 0 Å². The first kappa shape index (κ1) is 12.2. The van der Waals surface area contributed by atoms with Crippen LogP contribution in [-0.4, -0.2) is 21.1 Å². The molecule has 98 valence electrons. The zero-order chi connectivity index (χ0) is 13.9. The van der Waals surface area contributed by atoms with Gasteiger partial charge in [-0.3, -0.25) is 4.79 Å². The van der Waals surface area contributed by atoms with Gasteiger partial charge in [-0.1, -0.05) is 6.07 Å². The quantitative estimate of drug-likeness (QED) is 0.685. The van der Waals surface area contributed by atoms with Crippen LogP contribution in [-0.2, 0) is 0 Å². The van der Waals surface area contributed by atoms with E-state index in [0.717, 1.165) is 6.29 Å². The minimum atomic E-state index is -0.328. The van der Waals surface area contributed by atoms with Crippen molar-refractivity contribution in [1.29, 1.82) is 0 Å². The first-order chi connectivity index (χ1) is 9.78. The molecule has 0 amide bonds. The molecule has 0 aliphatic heterocycles. The molecule has 1 aromatic carbocycles. The number of aldehydes is 1. The van der Waals surface area contributed by atoms with Gasteiger partial charge in [0.25, 0.3) is 0 Å². The molecule has 0 saturated carbocycles. The van der Waals surface area contributed by atoms with Gasteiger partial charge in [0.05, 0.1) is 5.56 Å². The predicted molar refractivity (Wildman–Crippen MR) is 72.1 cm³/mol. The highest BCUT2D eigenvalue weighted by Gasteiger charge is 2.12. The zero-order valence-electron chi connectivity index (χ0n) is 10.4. The lowest BCUT2D eigenvalue weighted by atomic mass is 10.1. The van der Waals surface area contributed by atoms with Crippen molar-refractivity contribution >= 4 is 6.29 Å². The van der Waals surface area contributed by atoms with Crippen LogP contribution >= 0.6 is 0 Å². The molecule has 0 fully saturated rings. The summed E-state index contributed by atoms with van der Waals surface area (Å²) in [6.45, 7) is 0. The molecule has 0 radical (unpaired) electrons. The summed E-state index contributed by atoms with van der Waals surface area (Å²) in [5, 5.41) is 4.35. The largest absolute Gasteiger partial charge is 0.298 e. The van der Waals surface area contributed by atoms with E-state index in [1.54, 1.807) is 36.7 Å². The van der Waals surface area contributed by atoms with Crippen molar-refractivity contribution in [2.45, 2.75) is 0 Å². The number of rotatable bonds is 3. The zero-order valence-corrected chi connectivity index (χ0v) is 10.4. The number of pyridine rings is 1. The standard InChI is InChI=1S/C15H10FN3O/c16-13-6-4-11(5-7-13)15-12(10-20)9-19(18-15)14-3-1-2-8-17-14/h1-10H. The summed E-state index contributed by atoms with van der Waals surface area (Å²) in [7, 11) is 0. The second kappa shape index (κ2) is 5.05. The Morgan fingerprint density at radius 1 is 1.10 bits per heavy atom. The van der Waals surface area contributed by atoms with Crippen LogP contribution in [0.5, 0.6) is 0 Å². The minimum absolute atomic E-state index is 0.328. The van der Waals surface area contributed by atoms with Crippen molar-refractivity contribution in [3.63, 3.8) is 0 Å². The van der Waals surface area contributed by atoms with Crippen LogP contribution in [0.3, 0.4) is 0 Å². The van der Waals surface area contributed by atoms with Gasteiger partial charge >= 0.3 is 0 Å². The third-order valence-electron chi connectivity index (χ3n) is 2.87. The normalized spacial score (nSPS) is 10.4. The molecule has 0 N–H and O–H groups in total. The van der Waals surface area contributed by atoms with Gasteiger partial charge in [-0.15, -0.1) is 0 Å². The molecule has 3 rings (SSSR count). The van der Waals surface area contributed by atoms with Gasteiger partial charge in [0.15, 0.2) is 12.1 Å². The number of carbonyl (C=O) groups is 1. The highest BCUT2D eigenvalue weighted by Crippen LogP contribution is 2.22. The Morgan fingerprint density at radius 2 is 1.90 bits per heavy atom. The first-order valence-corrected chi connectivity index (χ1v) is 6.00.